The monoisotopic (exact) mass is 602 g/mol. The lowest BCUT2D eigenvalue weighted by atomic mass is 9.75. The van der Waals surface area contributed by atoms with Crippen LogP contribution in [0.3, 0.4) is 0 Å². The quantitative estimate of drug-likeness (QED) is 0.173. The fraction of sp³-hybridized carbons (Fsp3) is 0.778. The minimum atomic E-state index is -6.61. The molecule has 0 amide bonds. The molecule has 4 rings (SSSR count). The first-order valence-electron chi connectivity index (χ1n) is 13.9. The van der Waals surface area contributed by atoms with Crippen LogP contribution in [0.2, 0.25) is 0 Å². The van der Waals surface area contributed by atoms with Gasteiger partial charge >= 0.3 is 26.5 Å². The molecule has 0 unspecified atom stereocenters. The summed E-state index contributed by atoms with van der Waals surface area (Å²) in [6, 6.07) is 3.58. The molecule has 0 heterocycles. The predicted molar refractivity (Wildman–Crippen MR) is 139 cm³/mol. The topological polar surface area (TPSA) is 63.6 Å². The molecule has 0 bridgehead atoms. The first-order chi connectivity index (χ1) is 18.3. The highest BCUT2D eigenvalue weighted by atomic mass is 32.2. The van der Waals surface area contributed by atoms with Gasteiger partial charge in [0.15, 0.2) is 0 Å². The number of halogens is 6. The minimum Gasteiger partial charge on any atom is -0.377 e. The fourth-order valence-electron chi connectivity index (χ4n) is 6.45. The van der Waals surface area contributed by atoms with Crippen molar-refractivity contribution in [2.24, 2.45) is 0 Å². The van der Waals surface area contributed by atoms with E-state index in [4.69, 9.17) is 8.74 Å². The van der Waals surface area contributed by atoms with Crippen LogP contribution in [0, 0.1) is 0 Å². The van der Waals surface area contributed by atoms with Crippen LogP contribution in [0.15, 0.2) is 12.1 Å². The number of rotatable bonds is 9. The van der Waals surface area contributed by atoms with E-state index in [0.717, 1.165) is 76.2 Å². The van der Waals surface area contributed by atoms with Crippen LogP contribution in [-0.2, 0) is 10.1 Å². The molecule has 0 aliphatic heterocycles. The Morgan fingerprint density at radius 1 is 0.692 bits per heavy atom. The highest BCUT2D eigenvalue weighted by Crippen LogP contribution is 2.54. The van der Waals surface area contributed by atoms with Gasteiger partial charge in [0.05, 0.1) is 12.0 Å². The molecule has 3 fully saturated rings. The summed E-state index contributed by atoms with van der Waals surface area (Å²) in [5.41, 5.74) is 1.76. The van der Waals surface area contributed by atoms with Crippen LogP contribution in [0.5, 0.6) is 5.75 Å². The van der Waals surface area contributed by atoms with Gasteiger partial charge in [-0.05, 0) is 73.0 Å². The van der Waals surface area contributed by atoms with Crippen molar-refractivity contribution in [2.75, 3.05) is 0 Å². The summed E-state index contributed by atoms with van der Waals surface area (Å²) in [7, 11) is -6.61. The lowest BCUT2D eigenvalue weighted by Crippen LogP contribution is -2.57. The van der Waals surface area contributed by atoms with Crippen molar-refractivity contribution in [1.82, 2.24) is 0 Å². The van der Waals surface area contributed by atoms with E-state index in [1.165, 1.54) is 0 Å². The Balaban J connectivity index is 1.86. The van der Waals surface area contributed by atoms with E-state index >= 15 is 0 Å². The molecule has 0 spiro atoms. The van der Waals surface area contributed by atoms with Gasteiger partial charge in [0.25, 0.3) is 0 Å². The lowest BCUT2D eigenvalue weighted by Gasteiger charge is -2.33. The van der Waals surface area contributed by atoms with Gasteiger partial charge in [-0.3, -0.25) is 0 Å². The van der Waals surface area contributed by atoms with Gasteiger partial charge in [-0.2, -0.15) is 34.8 Å². The summed E-state index contributed by atoms with van der Waals surface area (Å²) in [5, 5.41) is -12.1. The Morgan fingerprint density at radius 2 is 1.08 bits per heavy atom. The van der Waals surface area contributed by atoms with E-state index in [-0.39, 0.29) is 17.8 Å². The number of benzene rings is 1. The lowest BCUT2D eigenvalue weighted by molar-refractivity contribution is -0.243. The van der Waals surface area contributed by atoms with Crippen LogP contribution in [0.4, 0.5) is 26.3 Å². The molecule has 39 heavy (non-hydrogen) atoms. The molecule has 12 heteroatoms. The third-order valence-electron chi connectivity index (χ3n) is 8.69. The molecule has 1 N–H and O–H groups in total. The molecule has 3 aliphatic carbocycles. The van der Waals surface area contributed by atoms with Crippen molar-refractivity contribution in [1.29, 1.82) is 0 Å². The van der Waals surface area contributed by atoms with Crippen LogP contribution >= 0.6 is 12.0 Å². The average Bonchev–Trinajstić information content (AvgIpc) is 2.94. The van der Waals surface area contributed by atoms with E-state index in [1.807, 2.05) is 0 Å². The van der Waals surface area contributed by atoms with E-state index < -0.39 is 44.3 Å². The molecule has 1 aromatic rings. The molecule has 0 radical (unpaired) electrons. The SMILES string of the molecule is O=S(=O)(Oc1c(C2CCCCC2)cc(C2CCCCC2)cc1C1CCCCC1)C(F)(F)C(F)(F)C(F)(F)SO. The van der Waals surface area contributed by atoms with Gasteiger partial charge in [0.2, 0.25) is 0 Å². The van der Waals surface area contributed by atoms with Gasteiger partial charge in [0.1, 0.15) is 5.75 Å². The summed E-state index contributed by atoms with van der Waals surface area (Å²) >= 11 is -1.83. The van der Waals surface area contributed by atoms with E-state index in [0.29, 0.717) is 36.8 Å². The summed E-state index contributed by atoms with van der Waals surface area (Å²) in [4.78, 5) is 0. The molecule has 4 nitrogen and oxygen atoms in total. The average molecular weight is 603 g/mol. The maximum Gasteiger partial charge on any atom is 0.450 e. The Kier molecular flexibility index (Phi) is 9.48. The van der Waals surface area contributed by atoms with Crippen molar-refractivity contribution >= 4 is 22.2 Å². The zero-order valence-corrected chi connectivity index (χ0v) is 23.4. The van der Waals surface area contributed by atoms with E-state index in [2.05, 4.69) is 0 Å². The van der Waals surface area contributed by atoms with Gasteiger partial charge in [-0.15, -0.1) is 0 Å². The second-order valence-electron chi connectivity index (χ2n) is 11.3. The second-order valence-corrected chi connectivity index (χ2v) is 13.6. The molecule has 1 aromatic carbocycles. The summed E-state index contributed by atoms with van der Waals surface area (Å²) < 4.78 is 125. The van der Waals surface area contributed by atoms with Gasteiger partial charge in [0, 0.05) is 0 Å². The van der Waals surface area contributed by atoms with E-state index in [1.54, 1.807) is 12.1 Å². The zero-order valence-electron chi connectivity index (χ0n) is 21.7. The summed E-state index contributed by atoms with van der Waals surface area (Å²) in [5.74, 6) is -7.07. The van der Waals surface area contributed by atoms with Gasteiger partial charge in [-0.1, -0.05) is 69.9 Å². The fourth-order valence-corrected chi connectivity index (χ4v) is 7.71. The maximum absolute atomic E-state index is 14.8. The maximum atomic E-state index is 14.8. The van der Waals surface area contributed by atoms with Crippen molar-refractivity contribution in [2.45, 2.75) is 130 Å². The number of alkyl halides is 6. The van der Waals surface area contributed by atoms with Crippen LogP contribution in [0.1, 0.15) is 131 Å². The van der Waals surface area contributed by atoms with Crippen LogP contribution in [0.25, 0.3) is 0 Å². The third kappa shape index (κ3) is 6.08. The van der Waals surface area contributed by atoms with Crippen molar-refractivity contribution in [3.63, 3.8) is 0 Å². The second kappa shape index (κ2) is 12.0. The smallest absolute Gasteiger partial charge is 0.377 e. The Hall–Kier alpha value is -1.14. The van der Waals surface area contributed by atoms with Gasteiger partial charge in [-0.25, -0.2) is 0 Å². The molecule has 0 aromatic heterocycles. The highest BCUT2D eigenvalue weighted by Gasteiger charge is 2.79. The largest absolute Gasteiger partial charge is 0.450 e. The predicted octanol–water partition coefficient (Wildman–Crippen LogP) is 9.57. The van der Waals surface area contributed by atoms with Crippen LogP contribution in [-0.4, -0.2) is 29.4 Å². The molecule has 0 atom stereocenters. The van der Waals surface area contributed by atoms with Crippen molar-refractivity contribution in [3.05, 3.63) is 28.8 Å². The number of hydrogen-bond acceptors (Lipinski definition) is 5. The van der Waals surface area contributed by atoms with Gasteiger partial charge < -0.3 is 8.74 Å². The summed E-state index contributed by atoms with van der Waals surface area (Å²) in [6.07, 6.45) is 12.9. The molecule has 3 aliphatic rings. The standard InChI is InChI=1S/C27H36F6O4S2/c28-25(29,26(30,31)38-34)27(32,33)39(35,36)37-24-22(19-12-6-2-7-13-19)16-21(18-10-4-1-5-11-18)17-23(24)20-14-8-3-9-15-20/h16-20,34H,1-15H2. The van der Waals surface area contributed by atoms with Crippen LogP contribution < -0.4 is 4.18 Å². The summed E-state index contributed by atoms with van der Waals surface area (Å²) in [6.45, 7) is 0. The van der Waals surface area contributed by atoms with Crippen molar-refractivity contribution < 1.29 is 43.5 Å². The molecular formula is C27H36F6O4S2. The highest BCUT2D eigenvalue weighted by molar-refractivity contribution is 7.95. The minimum absolute atomic E-state index is 0.208. The molecule has 222 valence electrons. The normalized spacial score (nSPS) is 21.7. The first kappa shape index (κ1) is 30.8. The Labute approximate surface area is 230 Å². The van der Waals surface area contributed by atoms with E-state index in [9.17, 15) is 34.8 Å². The Bertz CT molecular complexity index is 1050. The zero-order chi connectivity index (χ0) is 28.5. The molecule has 0 saturated heterocycles. The molecule has 3 saturated carbocycles. The third-order valence-corrected chi connectivity index (χ3v) is 10.4. The van der Waals surface area contributed by atoms with Crippen molar-refractivity contribution in [3.8, 4) is 5.75 Å². The Morgan fingerprint density at radius 3 is 1.46 bits per heavy atom. The number of hydrogen-bond donors (Lipinski definition) is 1. The first-order valence-corrected chi connectivity index (χ1v) is 16.1. The molecular weight excluding hydrogens is 566 g/mol.